The average Bonchev–Trinajstić information content (AvgIpc) is 2.28. The summed E-state index contributed by atoms with van der Waals surface area (Å²) < 4.78 is 0. The van der Waals surface area contributed by atoms with Crippen LogP contribution in [0.3, 0.4) is 0 Å². The van der Waals surface area contributed by atoms with E-state index in [0.717, 1.165) is 18.8 Å². The summed E-state index contributed by atoms with van der Waals surface area (Å²) in [5.74, 6) is 0.838. The number of amides is 1. The molecule has 0 aromatic heterocycles. The Hall–Kier alpha value is -0.900. The first-order chi connectivity index (χ1) is 5.59. The fourth-order valence-electron chi connectivity index (χ4n) is 1.03. The molecule has 1 amide bonds. The van der Waals surface area contributed by atoms with Crippen molar-refractivity contribution in [3.05, 3.63) is 0 Å². The molecule has 0 aliphatic carbocycles. The highest BCUT2D eigenvalue weighted by molar-refractivity contribution is 6.05. The molecule has 1 atom stereocenters. The van der Waals surface area contributed by atoms with E-state index in [9.17, 15) is 4.79 Å². The van der Waals surface area contributed by atoms with Gasteiger partial charge in [0.2, 0.25) is 5.91 Å². The fraction of sp³-hybridized carbons (Fsp3) is 0.750. The Morgan fingerprint density at radius 2 is 2.25 bits per heavy atom. The van der Waals surface area contributed by atoms with Crippen LogP contribution in [-0.4, -0.2) is 43.3 Å². The Kier molecular flexibility index (Phi) is 2.81. The molecule has 4 heteroatoms. The minimum atomic E-state index is -0.192. The van der Waals surface area contributed by atoms with Crippen molar-refractivity contribution in [1.82, 2.24) is 10.2 Å². The maximum atomic E-state index is 11.0. The standard InChI is InChI=1S/C8H15N3O/c1-6-8(12)10-7(9-6)4-5-11(2)3/h6H,4-5H2,1-3H3,(H,9,10,12). The summed E-state index contributed by atoms with van der Waals surface area (Å²) >= 11 is 0. The van der Waals surface area contributed by atoms with E-state index in [0.29, 0.717) is 0 Å². The second-order valence-corrected chi connectivity index (χ2v) is 3.29. The van der Waals surface area contributed by atoms with Crippen LogP contribution >= 0.6 is 0 Å². The van der Waals surface area contributed by atoms with Crippen LogP contribution in [0.5, 0.6) is 0 Å². The second-order valence-electron chi connectivity index (χ2n) is 3.29. The molecule has 0 saturated carbocycles. The number of nitrogens with zero attached hydrogens (tertiary/aromatic N) is 2. The molecule has 1 rings (SSSR count). The quantitative estimate of drug-likeness (QED) is 0.639. The lowest BCUT2D eigenvalue weighted by atomic mass is 10.4. The predicted molar refractivity (Wildman–Crippen MR) is 48.2 cm³/mol. The van der Waals surface area contributed by atoms with Gasteiger partial charge in [0, 0.05) is 13.0 Å². The third kappa shape index (κ3) is 2.30. The zero-order valence-electron chi connectivity index (χ0n) is 7.79. The third-order valence-corrected chi connectivity index (χ3v) is 1.79. The monoisotopic (exact) mass is 169 g/mol. The van der Waals surface area contributed by atoms with Crippen molar-refractivity contribution < 1.29 is 4.79 Å². The molecule has 1 unspecified atom stereocenters. The van der Waals surface area contributed by atoms with Gasteiger partial charge >= 0.3 is 0 Å². The van der Waals surface area contributed by atoms with Crippen molar-refractivity contribution in [3.63, 3.8) is 0 Å². The molecule has 1 aliphatic rings. The van der Waals surface area contributed by atoms with Gasteiger partial charge in [0.05, 0.1) is 0 Å². The molecule has 1 N–H and O–H groups in total. The SMILES string of the molecule is CC1N=C(CCN(C)C)NC1=O. The highest BCUT2D eigenvalue weighted by Gasteiger charge is 2.20. The topological polar surface area (TPSA) is 44.7 Å². The zero-order chi connectivity index (χ0) is 9.14. The van der Waals surface area contributed by atoms with Gasteiger partial charge in [-0.05, 0) is 21.0 Å². The Morgan fingerprint density at radius 1 is 1.58 bits per heavy atom. The molecule has 1 aliphatic heterocycles. The number of hydrogen-bond donors (Lipinski definition) is 1. The van der Waals surface area contributed by atoms with E-state index >= 15 is 0 Å². The van der Waals surface area contributed by atoms with Gasteiger partial charge < -0.3 is 10.2 Å². The number of amidine groups is 1. The highest BCUT2D eigenvalue weighted by Crippen LogP contribution is 2.01. The van der Waals surface area contributed by atoms with Gasteiger partial charge in [-0.3, -0.25) is 9.79 Å². The van der Waals surface area contributed by atoms with E-state index in [2.05, 4.69) is 15.2 Å². The zero-order valence-corrected chi connectivity index (χ0v) is 7.79. The van der Waals surface area contributed by atoms with Crippen LogP contribution in [0.1, 0.15) is 13.3 Å². The van der Waals surface area contributed by atoms with Crippen molar-refractivity contribution in [3.8, 4) is 0 Å². The van der Waals surface area contributed by atoms with Crippen LogP contribution in [0.2, 0.25) is 0 Å². The summed E-state index contributed by atoms with van der Waals surface area (Å²) in [4.78, 5) is 17.2. The molecule has 1 heterocycles. The van der Waals surface area contributed by atoms with Crippen LogP contribution in [0.4, 0.5) is 0 Å². The summed E-state index contributed by atoms with van der Waals surface area (Å²) in [5, 5.41) is 2.74. The molecular formula is C8H15N3O. The molecule has 0 aromatic carbocycles. The number of carbonyl (C=O) groups excluding carboxylic acids is 1. The fourth-order valence-corrected chi connectivity index (χ4v) is 1.03. The van der Waals surface area contributed by atoms with E-state index in [1.807, 2.05) is 14.1 Å². The Balaban J connectivity index is 2.35. The van der Waals surface area contributed by atoms with Crippen LogP contribution in [0.25, 0.3) is 0 Å². The minimum Gasteiger partial charge on any atom is -0.313 e. The van der Waals surface area contributed by atoms with E-state index in [1.165, 1.54) is 0 Å². The predicted octanol–water partition coefficient (Wildman–Crippen LogP) is -0.145. The summed E-state index contributed by atoms with van der Waals surface area (Å²) in [6, 6.07) is -0.192. The number of rotatable bonds is 3. The molecular weight excluding hydrogens is 154 g/mol. The average molecular weight is 169 g/mol. The van der Waals surface area contributed by atoms with E-state index in [4.69, 9.17) is 0 Å². The van der Waals surface area contributed by atoms with Gasteiger partial charge in [0.15, 0.2) is 0 Å². The van der Waals surface area contributed by atoms with Crippen LogP contribution in [0.15, 0.2) is 4.99 Å². The maximum Gasteiger partial charge on any atom is 0.249 e. The first kappa shape index (κ1) is 9.19. The van der Waals surface area contributed by atoms with Gasteiger partial charge in [-0.15, -0.1) is 0 Å². The van der Waals surface area contributed by atoms with Gasteiger partial charge in [0.25, 0.3) is 0 Å². The van der Waals surface area contributed by atoms with E-state index < -0.39 is 0 Å². The highest BCUT2D eigenvalue weighted by atomic mass is 16.2. The van der Waals surface area contributed by atoms with Crippen molar-refractivity contribution in [2.24, 2.45) is 4.99 Å². The van der Waals surface area contributed by atoms with Gasteiger partial charge in [0.1, 0.15) is 11.9 Å². The number of carbonyl (C=O) groups is 1. The normalized spacial score (nSPS) is 22.8. The van der Waals surface area contributed by atoms with Crippen molar-refractivity contribution in [1.29, 1.82) is 0 Å². The Labute approximate surface area is 72.7 Å². The molecule has 4 nitrogen and oxygen atoms in total. The lowest BCUT2D eigenvalue weighted by Crippen LogP contribution is -2.29. The lowest BCUT2D eigenvalue weighted by molar-refractivity contribution is -0.119. The molecule has 0 aromatic rings. The Bertz CT molecular complexity index is 210. The smallest absolute Gasteiger partial charge is 0.249 e. The molecule has 68 valence electrons. The van der Waals surface area contributed by atoms with Crippen LogP contribution < -0.4 is 5.32 Å². The molecule has 0 fully saturated rings. The molecule has 0 bridgehead atoms. The largest absolute Gasteiger partial charge is 0.313 e. The van der Waals surface area contributed by atoms with Crippen molar-refractivity contribution >= 4 is 11.7 Å². The van der Waals surface area contributed by atoms with Crippen molar-refractivity contribution in [2.45, 2.75) is 19.4 Å². The molecule has 12 heavy (non-hydrogen) atoms. The van der Waals surface area contributed by atoms with Crippen molar-refractivity contribution in [2.75, 3.05) is 20.6 Å². The summed E-state index contributed by atoms with van der Waals surface area (Å²) in [5.41, 5.74) is 0. The van der Waals surface area contributed by atoms with Crippen LogP contribution in [-0.2, 0) is 4.79 Å². The maximum absolute atomic E-state index is 11.0. The first-order valence-electron chi connectivity index (χ1n) is 4.12. The summed E-state index contributed by atoms with van der Waals surface area (Å²) in [6.45, 7) is 2.73. The molecule has 0 spiro atoms. The van der Waals surface area contributed by atoms with E-state index in [-0.39, 0.29) is 11.9 Å². The first-order valence-corrected chi connectivity index (χ1v) is 4.12. The molecule has 0 saturated heterocycles. The second kappa shape index (κ2) is 3.67. The van der Waals surface area contributed by atoms with Crippen LogP contribution in [0, 0.1) is 0 Å². The third-order valence-electron chi connectivity index (χ3n) is 1.79. The number of nitrogens with one attached hydrogen (secondary N) is 1. The van der Waals surface area contributed by atoms with Gasteiger partial charge in [-0.2, -0.15) is 0 Å². The molecule has 0 radical (unpaired) electrons. The van der Waals surface area contributed by atoms with Gasteiger partial charge in [-0.25, -0.2) is 0 Å². The Morgan fingerprint density at radius 3 is 2.67 bits per heavy atom. The van der Waals surface area contributed by atoms with E-state index in [1.54, 1.807) is 6.92 Å². The van der Waals surface area contributed by atoms with Gasteiger partial charge in [-0.1, -0.05) is 0 Å². The minimum absolute atomic E-state index is 0.0174. The summed E-state index contributed by atoms with van der Waals surface area (Å²) in [7, 11) is 4.00. The summed E-state index contributed by atoms with van der Waals surface area (Å²) in [6.07, 6.45) is 0.822. The lowest BCUT2D eigenvalue weighted by Gasteiger charge is -2.08. The number of hydrogen-bond acceptors (Lipinski definition) is 3. The number of aliphatic imine (C=N–C) groups is 1.